The number of Topliss-reactive ketones (excluding diaryl/α,β-unsaturated/α-hetero) is 1. The summed E-state index contributed by atoms with van der Waals surface area (Å²) in [5.41, 5.74) is 6.61. The molecule has 0 heterocycles. The summed E-state index contributed by atoms with van der Waals surface area (Å²) < 4.78 is 26.0. The third kappa shape index (κ3) is 4.22. The Morgan fingerprint density at radius 3 is 2.19 bits per heavy atom. The standard InChI is InChI=1S/C21H28N2O3S/c1-13-8-9-18(27(25,26)23(6)7)11-20(13)22-12-19-14(2)10-15(3)21(16(19)4)17(5)24/h8-11,22H,12H2,1-7H3. The van der Waals surface area contributed by atoms with Gasteiger partial charge in [-0.15, -0.1) is 0 Å². The van der Waals surface area contributed by atoms with E-state index in [4.69, 9.17) is 0 Å². The van der Waals surface area contributed by atoms with Crippen LogP contribution in [0.4, 0.5) is 5.69 Å². The lowest BCUT2D eigenvalue weighted by atomic mass is 9.91. The molecule has 2 aromatic rings. The highest BCUT2D eigenvalue weighted by molar-refractivity contribution is 7.89. The fourth-order valence-corrected chi connectivity index (χ4v) is 4.32. The Balaban J connectivity index is 2.41. The Kier molecular flexibility index (Phi) is 6.12. The number of anilines is 1. The third-order valence-corrected chi connectivity index (χ3v) is 6.74. The third-order valence-electron chi connectivity index (χ3n) is 4.93. The van der Waals surface area contributed by atoms with Crippen molar-refractivity contribution in [3.05, 3.63) is 57.6 Å². The number of hydrogen-bond donors (Lipinski definition) is 1. The fraction of sp³-hybridized carbons (Fsp3) is 0.381. The van der Waals surface area contributed by atoms with E-state index in [0.717, 1.165) is 39.1 Å². The summed E-state index contributed by atoms with van der Waals surface area (Å²) in [6.07, 6.45) is 0. The van der Waals surface area contributed by atoms with Crippen molar-refractivity contribution < 1.29 is 13.2 Å². The fourth-order valence-electron chi connectivity index (χ4n) is 3.39. The minimum Gasteiger partial charge on any atom is -0.381 e. The minimum atomic E-state index is -3.49. The molecule has 2 aromatic carbocycles. The van der Waals surface area contributed by atoms with Gasteiger partial charge in [0, 0.05) is 31.9 Å². The quantitative estimate of drug-likeness (QED) is 0.760. The van der Waals surface area contributed by atoms with Crippen molar-refractivity contribution in [1.29, 1.82) is 0 Å². The van der Waals surface area contributed by atoms with Gasteiger partial charge in [0.1, 0.15) is 0 Å². The first-order chi connectivity index (χ1) is 12.5. The molecule has 0 aromatic heterocycles. The molecule has 0 fully saturated rings. The van der Waals surface area contributed by atoms with E-state index in [9.17, 15) is 13.2 Å². The molecule has 0 unspecified atom stereocenters. The van der Waals surface area contributed by atoms with Crippen molar-refractivity contribution in [2.75, 3.05) is 19.4 Å². The number of carbonyl (C=O) groups is 1. The van der Waals surface area contributed by atoms with Gasteiger partial charge in [0.05, 0.1) is 4.90 Å². The van der Waals surface area contributed by atoms with Crippen LogP contribution >= 0.6 is 0 Å². The zero-order valence-corrected chi connectivity index (χ0v) is 17.9. The number of sulfonamides is 1. The summed E-state index contributed by atoms with van der Waals surface area (Å²) in [7, 11) is -0.453. The Morgan fingerprint density at radius 1 is 1.00 bits per heavy atom. The van der Waals surface area contributed by atoms with Crippen LogP contribution in [0.3, 0.4) is 0 Å². The SMILES string of the molecule is CC(=O)c1c(C)cc(C)c(CNc2cc(S(=O)(=O)N(C)C)ccc2C)c1C. The number of hydrogen-bond acceptors (Lipinski definition) is 4. The molecule has 0 spiro atoms. The second-order valence-corrected chi connectivity index (χ2v) is 9.31. The lowest BCUT2D eigenvalue weighted by Crippen LogP contribution is -2.22. The van der Waals surface area contributed by atoms with Crippen molar-refractivity contribution in [1.82, 2.24) is 4.31 Å². The molecule has 6 heteroatoms. The van der Waals surface area contributed by atoms with Gasteiger partial charge >= 0.3 is 0 Å². The average Bonchev–Trinajstić information content (AvgIpc) is 2.54. The van der Waals surface area contributed by atoms with E-state index in [1.54, 1.807) is 25.1 Å². The van der Waals surface area contributed by atoms with Gasteiger partial charge in [-0.25, -0.2) is 12.7 Å². The van der Waals surface area contributed by atoms with Gasteiger partial charge in [-0.2, -0.15) is 0 Å². The van der Waals surface area contributed by atoms with Gasteiger partial charge in [0.2, 0.25) is 10.0 Å². The summed E-state index contributed by atoms with van der Waals surface area (Å²) in [6.45, 7) is 9.98. The number of rotatable bonds is 6. The summed E-state index contributed by atoms with van der Waals surface area (Å²) in [6, 6.07) is 7.11. The average molecular weight is 389 g/mol. The summed E-state index contributed by atoms with van der Waals surface area (Å²) in [5, 5.41) is 3.35. The number of nitrogens with one attached hydrogen (secondary N) is 1. The highest BCUT2D eigenvalue weighted by Gasteiger charge is 2.19. The zero-order chi connectivity index (χ0) is 20.5. The minimum absolute atomic E-state index is 0.0569. The van der Waals surface area contributed by atoms with Crippen molar-refractivity contribution >= 4 is 21.5 Å². The van der Waals surface area contributed by atoms with Gasteiger partial charge in [-0.05, 0) is 74.6 Å². The van der Waals surface area contributed by atoms with Crippen molar-refractivity contribution in [3.63, 3.8) is 0 Å². The topological polar surface area (TPSA) is 66.5 Å². The van der Waals surface area contributed by atoms with E-state index >= 15 is 0 Å². The van der Waals surface area contributed by atoms with E-state index in [0.29, 0.717) is 6.54 Å². The lowest BCUT2D eigenvalue weighted by Gasteiger charge is -2.18. The van der Waals surface area contributed by atoms with Crippen LogP contribution in [0.5, 0.6) is 0 Å². The Morgan fingerprint density at radius 2 is 1.63 bits per heavy atom. The maximum Gasteiger partial charge on any atom is 0.242 e. The monoisotopic (exact) mass is 388 g/mol. The predicted octanol–water partition coefficient (Wildman–Crippen LogP) is 3.99. The van der Waals surface area contributed by atoms with E-state index in [2.05, 4.69) is 5.32 Å². The van der Waals surface area contributed by atoms with Gasteiger partial charge < -0.3 is 5.32 Å². The van der Waals surface area contributed by atoms with Crippen molar-refractivity contribution in [2.45, 2.75) is 46.1 Å². The van der Waals surface area contributed by atoms with Crippen LogP contribution in [0, 0.1) is 27.7 Å². The Labute approximate surface area is 162 Å². The second-order valence-electron chi connectivity index (χ2n) is 7.16. The summed E-state index contributed by atoms with van der Waals surface area (Å²) in [5.74, 6) is 0.0569. The normalized spacial score (nSPS) is 11.7. The first-order valence-corrected chi connectivity index (χ1v) is 10.3. The van der Waals surface area contributed by atoms with Crippen molar-refractivity contribution in [3.8, 4) is 0 Å². The number of aryl methyl sites for hydroxylation is 3. The molecule has 0 saturated carbocycles. The molecule has 0 radical (unpaired) electrons. The van der Waals surface area contributed by atoms with Crippen LogP contribution in [0.15, 0.2) is 29.2 Å². The first-order valence-electron chi connectivity index (χ1n) is 8.84. The zero-order valence-electron chi connectivity index (χ0n) is 17.1. The second kappa shape index (κ2) is 7.82. The molecular weight excluding hydrogens is 360 g/mol. The van der Waals surface area contributed by atoms with E-state index in [1.165, 1.54) is 18.4 Å². The molecule has 2 rings (SSSR count). The Hall–Kier alpha value is -2.18. The molecule has 0 aliphatic heterocycles. The molecule has 0 aliphatic rings. The maximum absolute atomic E-state index is 12.4. The van der Waals surface area contributed by atoms with Crippen LogP contribution in [0.2, 0.25) is 0 Å². The molecule has 0 bridgehead atoms. The molecular formula is C21H28N2O3S. The largest absolute Gasteiger partial charge is 0.381 e. The highest BCUT2D eigenvalue weighted by atomic mass is 32.2. The van der Waals surface area contributed by atoms with E-state index in [1.807, 2.05) is 33.8 Å². The highest BCUT2D eigenvalue weighted by Crippen LogP contribution is 2.26. The molecule has 0 amide bonds. The van der Waals surface area contributed by atoms with Crippen LogP contribution < -0.4 is 5.32 Å². The van der Waals surface area contributed by atoms with Crippen LogP contribution in [-0.2, 0) is 16.6 Å². The number of ketones is 1. The van der Waals surface area contributed by atoms with Crippen LogP contribution in [0.25, 0.3) is 0 Å². The molecule has 0 atom stereocenters. The van der Waals surface area contributed by atoms with Crippen molar-refractivity contribution in [2.24, 2.45) is 0 Å². The molecule has 0 aliphatic carbocycles. The number of carbonyl (C=O) groups excluding carboxylic acids is 1. The van der Waals surface area contributed by atoms with E-state index in [-0.39, 0.29) is 10.7 Å². The first kappa shape index (κ1) is 21.1. The predicted molar refractivity (Wildman–Crippen MR) is 110 cm³/mol. The van der Waals surface area contributed by atoms with Crippen LogP contribution in [0.1, 0.15) is 45.1 Å². The Bertz CT molecular complexity index is 993. The molecule has 5 nitrogen and oxygen atoms in total. The number of nitrogens with zero attached hydrogens (tertiary/aromatic N) is 1. The van der Waals surface area contributed by atoms with Crippen LogP contribution in [-0.4, -0.2) is 32.6 Å². The molecule has 146 valence electrons. The van der Waals surface area contributed by atoms with Gasteiger partial charge in [0.25, 0.3) is 0 Å². The lowest BCUT2D eigenvalue weighted by molar-refractivity contribution is 0.101. The van der Waals surface area contributed by atoms with E-state index < -0.39 is 10.0 Å². The van der Waals surface area contributed by atoms with Gasteiger partial charge in [-0.1, -0.05) is 12.1 Å². The molecule has 0 saturated heterocycles. The maximum atomic E-state index is 12.4. The van der Waals surface area contributed by atoms with Gasteiger partial charge in [-0.3, -0.25) is 4.79 Å². The summed E-state index contributed by atoms with van der Waals surface area (Å²) >= 11 is 0. The smallest absolute Gasteiger partial charge is 0.242 e. The summed E-state index contributed by atoms with van der Waals surface area (Å²) in [4.78, 5) is 12.3. The molecule has 27 heavy (non-hydrogen) atoms. The van der Waals surface area contributed by atoms with Gasteiger partial charge in [0.15, 0.2) is 5.78 Å². The molecule has 1 N–H and O–H groups in total. The number of benzene rings is 2.